The lowest BCUT2D eigenvalue weighted by atomic mass is 10.0. The molecular weight excluding hydrogens is 287 g/mol. The maximum Gasteiger partial charge on any atom is 0.163 e. The first kappa shape index (κ1) is 14.1. The Hall–Kier alpha value is -1.81. The van der Waals surface area contributed by atoms with Gasteiger partial charge in [0.25, 0.3) is 0 Å². The first-order chi connectivity index (χ1) is 10.1. The van der Waals surface area contributed by atoms with E-state index in [1.807, 2.05) is 23.9 Å². The van der Waals surface area contributed by atoms with Crippen LogP contribution in [0.2, 0.25) is 0 Å². The summed E-state index contributed by atoms with van der Waals surface area (Å²) < 4.78 is 19.0. The van der Waals surface area contributed by atoms with Crippen molar-refractivity contribution in [2.24, 2.45) is 0 Å². The number of ketones is 1. The fourth-order valence-electron chi connectivity index (χ4n) is 2.46. The van der Waals surface area contributed by atoms with Crippen molar-refractivity contribution >= 4 is 17.5 Å². The average Bonchev–Trinajstić information content (AvgIpc) is 2.89. The second-order valence-corrected chi connectivity index (χ2v) is 6.12. The maximum absolute atomic E-state index is 13.2. The maximum atomic E-state index is 13.2. The molecule has 0 N–H and O–H groups in total. The lowest BCUT2D eigenvalue weighted by molar-refractivity contribution is 0.101. The number of carbonyl (C=O) groups is 1. The van der Waals surface area contributed by atoms with E-state index >= 15 is 0 Å². The lowest BCUT2D eigenvalue weighted by Gasteiger charge is -2.14. The number of halogens is 1. The highest BCUT2D eigenvalue weighted by atomic mass is 32.2. The molecule has 0 saturated heterocycles. The minimum absolute atomic E-state index is 0.189. The van der Waals surface area contributed by atoms with E-state index in [0.29, 0.717) is 23.8 Å². The summed E-state index contributed by atoms with van der Waals surface area (Å²) in [6, 6.07) is 12.4. The van der Waals surface area contributed by atoms with Gasteiger partial charge in [-0.2, -0.15) is 0 Å². The van der Waals surface area contributed by atoms with Crippen molar-refractivity contribution in [3.05, 3.63) is 59.4 Å². The number of Topliss-reactive ketones (excluding diaryl/α,β-unsaturated/α-hetero) is 1. The van der Waals surface area contributed by atoms with Crippen molar-refractivity contribution in [1.82, 2.24) is 0 Å². The molecule has 1 unspecified atom stereocenters. The highest BCUT2D eigenvalue weighted by molar-refractivity contribution is 7.99. The normalized spacial score (nSPS) is 16.6. The third-order valence-corrected chi connectivity index (χ3v) is 4.81. The van der Waals surface area contributed by atoms with E-state index in [1.165, 1.54) is 35.6 Å². The van der Waals surface area contributed by atoms with Crippen LogP contribution in [0.25, 0.3) is 0 Å². The first-order valence-electron chi connectivity index (χ1n) is 6.80. The summed E-state index contributed by atoms with van der Waals surface area (Å²) in [4.78, 5) is 12.9. The van der Waals surface area contributed by atoms with Crippen LogP contribution in [0, 0.1) is 5.82 Å². The first-order valence-corrected chi connectivity index (χ1v) is 7.78. The Kier molecular flexibility index (Phi) is 3.97. The number of carbonyl (C=O) groups excluding carboxylic acids is 1. The molecule has 0 radical (unpaired) electrons. The highest BCUT2D eigenvalue weighted by Gasteiger charge is 2.23. The molecule has 4 heteroatoms. The zero-order valence-corrected chi connectivity index (χ0v) is 12.5. The van der Waals surface area contributed by atoms with Crippen LogP contribution in [0.4, 0.5) is 4.39 Å². The molecule has 0 fully saturated rings. The summed E-state index contributed by atoms with van der Waals surface area (Å²) in [5.74, 6) is 1.12. The molecule has 0 aliphatic carbocycles. The van der Waals surface area contributed by atoms with Crippen LogP contribution in [-0.2, 0) is 0 Å². The molecule has 2 aromatic carbocycles. The predicted molar refractivity (Wildman–Crippen MR) is 81.8 cm³/mol. The number of hydrogen-bond acceptors (Lipinski definition) is 3. The van der Waals surface area contributed by atoms with Crippen molar-refractivity contribution in [2.45, 2.75) is 17.7 Å². The van der Waals surface area contributed by atoms with Crippen LogP contribution in [0.1, 0.15) is 28.8 Å². The summed E-state index contributed by atoms with van der Waals surface area (Å²) in [7, 11) is 0. The quantitative estimate of drug-likeness (QED) is 0.788. The summed E-state index contributed by atoms with van der Waals surface area (Å²) in [6.07, 6.45) is 0. The number of benzene rings is 2. The van der Waals surface area contributed by atoms with E-state index in [4.69, 9.17) is 4.74 Å². The van der Waals surface area contributed by atoms with Gasteiger partial charge in [0, 0.05) is 16.6 Å². The van der Waals surface area contributed by atoms with Gasteiger partial charge >= 0.3 is 0 Å². The van der Waals surface area contributed by atoms with Crippen molar-refractivity contribution in [3.8, 4) is 5.75 Å². The second kappa shape index (κ2) is 5.90. The molecule has 1 heterocycles. The minimum atomic E-state index is -0.422. The van der Waals surface area contributed by atoms with Crippen molar-refractivity contribution in [2.75, 3.05) is 12.4 Å². The summed E-state index contributed by atoms with van der Waals surface area (Å²) in [6.45, 7) is 1.91. The Balaban J connectivity index is 1.76. The number of rotatable bonds is 4. The third kappa shape index (κ3) is 2.95. The standard InChI is InChI=1S/C17H15FO2S/c1-11(19)15-8-13(18)6-7-16(15)20-9-12-10-21-17-5-3-2-4-14(12)17/h2-8,12H,9-10H2,1H3. The van der Waals surface area contributed by atoms with Gasteiger partial charge in [0.2, 0.25) is 0 Å². The van der Waals surface area contributed by atoms with E-state index in [2.05, 4.69) is 12.1 Å². The van der Waals surface area contributed by atoms with Crippen LogP contribution < -0.4 is 4.74 Å². The smallest absolute Gasteiger partial charge is 0.163 e. The molecular formula is C17H15FO2S. The van der Waals surface area contributed by atoms with E-state index in [1.54, 1.807) is 0 Å². The van der Waals surface area contributed by atoms with Crippen molar-refractivity contribution in [1.29, 1.82) is 0 Å². The number of ether oxygens (including phenoxy) is 1. The number of hydrogen-bond donors (Lipinski definition) is 0. The SMILES string of the molecule is CC(=O)c1cc(F)ccc1OCC1CSc2ccccc21. The Morgan fingerprint density at radius 3 is 2.95 bits per heavy atom. The molecule has 0 aromatic heterocycles. The monoisotopic (exact) mass is 302 g/mol. The minimum Gasteiger partial charge on any atom is -0.492 e. The molecule has 2 nitrogen and oxygen atoms in total. The van der Waals surface area contributed by atoms with Crippen LogP contribution in [0.3, 0.4) is 0 Å². The molecule has 1 atom stereocenters. The zero-order valence-electron chi connectivity index (χ0n) is 11.6. The third-order valence-electron chi connectivity index (χ3n) is 3.56. The molecule has 21 heavy (non-hydrogen) atoms. The average molecular weight is 302 g/mol. The van der Waals surface area contributed by atoms with Gasteiger partial charge in [0.05, 0.1) is 12.2 Å². The van der Waals surface area contributed by atoms with Crippen molar-refractivity contribution in [3.63, 3.8) is 0 Å². The van der Waals surface area contributed by atoms with Gasteiger partial charge in [0.1, 0.15) is 11.6 Å². The highest BCUT2D eigenvalue weighted by Crippen LogP contribution is 2.39. The molecule has 108 valence electrons. The Morgan fingerprint density at radius 2 is 2.14 bits per heavy atom. The van der Waals surface area contributed by atoms with Crippen LogP contribution >= 0.6 is 11.8 Å². The van der Waals surface area contributed by atoms with Crippen molar-refractivity contribution < 1.29 is 13.9 Å². The van der Waals surface area contributed by atoms with Gasteiger partial charge in [-0.25, -0.2) is 4.39 Å². The zero-order chi connectivity index (χ0) is 14.8. The molecule has 1 aliphatic heterocycles. The van der Waals surface area contributed by atoms with Crippen LogP contribution in [0.15, 0.2) is 47.4 Å². The molecule has 3 rings (SSSR count). The fourth-order valence-corrected chi connectivity index (χ4v) is 3.69. The number of fused-ring (bicyclic) bond motifs is 1. The molecule has 0 amide bonds. The summed E-state index contributed by atoms with van der Waals surface area (Å²) in [5, 5.41) is 0. The van der Waals surface area contributed by atoms with E-state index < -0.39 is 5.82 Å². The van der Waals surface area contributed by atoms with E-state index in [-0.39, 0.29) is 5.78 Å². The Morgan fingerprint density at radius 1 is 1.33 bits per heavy atom. The molecule has 1 aliphatic rings. The van der Waals surface area contributed by atoms with Gasteiger partial charge in [-0.15, -0.1) is 11.8 Å². The predicted octanol–water partition coefficient (Wildman–Crippen LogP) is 4.30. The molecule has 0 spiro atoms. The molecule has 0 bridgehead atoms. The topological polar surface area (TPSA) is 26.3 Å². The van der Waals surface area contributed by atoms with Crippen LogP contribution in [-0.4, -0.2) is 18.1 Å². The molecule has 0 saturated carbocycles. The Labute approximate surface area is 127 Å². The number of thioether (sulfide) groups is 1. The van der Waals surface area contributed by atoms with Gasteiger partial charge in [-0.05, 0) is 36.8 Å². The van der Waals surface area contributed by atoms with E-state index in [0.717, 1.165) is 5.75 Å². The fraction of sp³-hybridized carbons (Fsp3) is 0.235. The Bertz CT molecular complexity index is 684. The lowest BCUT2D eigenvalue weighted by Crippen LogP contribution is -2.11. The summed E-state index contributed by atoms with van der Waals surface area (Å²) in [5.41, 5.74) is 1.59. The second-order valence-electron chi connectivity index (χ2n) is 5.05. The van der Waals surface area contributed by atoms with Gasteiger partial charge < -0.3 is 4.74 Å². The van der Waals surface area contributed by atoms with E-state index in [9.17, 15) is 9.18 Å². The van der Waals surface area contributed by atoms with Gasteiger partial charge in [0.15, 0.2) is 5.78 Å². The van der Waals surface area contributed by atoms with Gasteiger partial charge in [-0.1, -0.05) is 18.2 Å². The summed E-state index contributed by atoms with van der Waals surface area (Å²) >= 11 is 1.82. The molecule has 2 aromatic rings. The largest absolute Gasteiger partial charge is 0.492 e. The van der Waals surface area contributed by atoms with Crippen LogP contribution in [0.5, 0.6) is 5.75 Å². The van der Waals surface area contributed by atoms with Gasteiger partial charge in [-0.3, -0.25) is 4.79 Å².